The molecule has 0 aliphatic rings. The lowest BCUT2D eigenvalue weighted by Crippen LogP contribution is -2.28. The molecule has 1 heterocycles. The van der Waals surface area contributed by atoms with Gasteiger partial charge in [-0.05, 0) is 42.0 Å². The lowest BCUT2D eigenvalue weighted by molar-refractivity contribution is -0.115. The summed E-state index contributed by atoms with van der Waals surface area (Å²) in [4.78, 5) is 23.8. The van der Waals surface area contributed by atoms with Crippen LogP contribution in [0.15, 0.2) is 83.9 Å². The molecule has 1 amide bonds. The molecule has 0 unspecified atom stereocenters. The number of hydrogen-bond acceptors (Lipinski definition) is 4. The fourth-order valence-corrected chi connectivity index (χ4v) is 3.98. The van der Waals surface area contributed by atoms with Gasteiger partial charge < -0.3 is 4.90 Å². The van der Waals surface area contributed by atoms with Crippen molar-refractivity contribution in [3.63, 3.8) is 0 Å². The molecular weight excluding hydrogens is 397 g/mol. The second-order valence-electron chi connectivity index (χ2n) is 6.84. The van der Waals surface area contributed by atoms with E-state index in [9.17, 15) is 9.18 Å². The number of thioether (sulfide) groups is 1. The molecule has 0 aliphatic carbocycles. The van der Waals surface area contributed by atoms with Crippen LogP contribution in [0.5, 0.6) is 0 Å². The number of halogens is 1. The van der Waals surface area contributed by atoms with Crippen molar-refractivity contribution in [2.75, 3.05) is 17.7 Å². The third kappa shape index (κ3) is 4.66. The van der Waals surface area contributed by atoms with E-state index in [0.29, 0.717) is 12.1 Å². The molecule has 6 heteroatoms. The summed E-state index contributed by atoms with van der Waals surface area (Å²) in [5.41, 5.74) is 4.27. The molecule has 150 valence electrons. The van der Waals surface area contributed by atoms with Gasteiger partial charge in [-0.1, -0.05) is 54.2 Å². The molecule has 30 heavy (non-hydrogen) atoms. The Hall–Kier alpha value is -3.25. The average molecular weight is 418 g/mol. The normalized spacial score (nSPS) is 10.9. The lowest BCUT2D eigenvalue weighted by atomic mass is 10.1. The molecule has 0 saturated heterocycles. The summed E-state index contributed by atoms with van der Waals surface area (Å²) in [5.74, 6) is -0.207. The number of amides is 1. The lowest BCUT2D eigenvalue weighted by Gasteiger charge is -2.17. The molecular formula is C24H20FN3OS. The third-order valence-corrected chi connectivity index (χ3v) is 5.73. The number of benzene rings is 3. The number of hydrogen-bond donors (Lipinski definition) is 0. The van der Waals surface area contributed by atoms with E-state index in [1.165, 1.54) is 28.8 Å². The van der Waals surface area contributed by atoms with Gasteiger partial charge in [0.2, 0.25) is 5.91 Å². The van der Waals surface area contributed by atoms with Crippen LogP contribution in [0, 0.1) is 5.82 Å². The van der Waals surface area contributed by atoms with Gasteiger partial charge in [0.1, 0.15) is 10.8 Å². The van der Waals surface area contributed by atoms with Crippen LogP contribution in [0.1, 0.15) is 11.3 Å². The quantitative estimate of drug-likeness (QED) is 0.409. The van der Waals surface area contributed by atoms with Crippen molar-refractivity contribution < 1.29 is 9.18 Å². The molecule has 0 bridgehead atoms. The second-order valence-corrected chi connectivity index (χ2v) is 7.81. The number of para-hydroxylation sites is 2. The molecule has 0 saturated carbocycles. The van der Waals surface area contributed by atoms with E-state index in [-0.39, 0.29) is 17.5 Å². The van der Waals surface area contributed by atoms with E-state index in [1.807, 2.05) is 42.5 Å². The Morgan fingerprint density at radius 1 is 0.900 bits per heavy atom. The van der Waals surface area contributed by atoms with Crippen molar-refractivity contribution >= 4 is 34.4 Å². The fraction of sp³-hybridized carbons (Fsp3) is 0.125. The maximum Gasteiger partial charge on any atom is 0.237 e. The molecule has 0 aliphatic heterocycles. The van der Waals surface area contributed by atoms with Crippen LogP contribution in [-0.4, -0.2) is 28.7 Å². The van der Waals surface area contributed by atoms with Gasteiger partial charge in [0.25, 0.3) is 0 Å². The topological polar surface area (TPSA) is 46.1 Å². The second kappa shape index (κ2) is 9.05. The predicted octanol–water partition coefficient (Wildman–Crippen LogP) is 5.11. The number of anilines is 1. The number of rotatable bonds is 6. The summed E-state index contributed by atoms with van der Waals surface area (Å²) in [6.45, 7) is 0. The van der Waals surface area contributed by atoms with Gasteiger partial charge in [-0.15, -0.1) is 0 Å². The van der Waals surface area contributed by atoms with Crippen molar-refractivity contribution in [2.24, 2.45) is 0 Å². The smallest absolute Gasteiger partial charge is 0.237 e. The van der Waals surface area contributed by atoms with Crippen LogP contribution in [-0.2, 0) is 11.2 Å². The van der Waals surface area contributed by atoms with Gasteiger partial charge >= 0.3 is 0 Å². The van der Waals surface area contributed by atoms with Crippen molar-refractivity contribution in [2.45, 2.75) is 11.4 Å². The van der Waals surface area contributed by atoms with E-state index in [1.54, 1.807) is 19.2 Å². The summed E-state index contributed by atoms with van der Waals surface area (Å²) >= 11 is 1.38. The molecule has 0 spiro atoms. The van der Waals surface area contributed by atoms with Crippen LogP contribution < -0.4 is 4.90 Å². The largest absolute Gasteiger partial charge is 0.315 e. The highest BCUT2D eigenvalue weighted by Gasteiger charge is 2.15. The van der Waals surface area contributed by atoms with Crippen molar-refractivity contribution in [1.82, 2.24) is 9.97 Å². The van der Waals surface area contributed by atoms with Crippen LogP contribution in [0.3, 0.4) is 0 Å². The zero-order chi connectivity index (χ0) is 20.9. The molecule has 3 aromatic carbocycles. The zero-order valence-electron chi connectivity index (χ0n) is 16.5. The minimum absolute atomic E-state index is 0.0905. The molecule has 0 atom stereocenters. The van der Waals surface area contributed by atoms with Gasteiger partial charge in [-0.3, -0.25) is 4.79 Å². The number of nitrogens with zero attached hydrogens (tertiary/aromatic N) is 3. The van der Waals surface area contributed by atoms with Gasteiger partial charge in [-0.25, -0.2) is 14.4 Å². The highest BCUT2D eigenvalue weighted by Crippen LogP contribution is 2.25. The number of carbonyl (C=O) groups excluding carboxylic acids is 1. The molecule has 1 aromatic heterocycles. The van der Waals surface area contributed by atoms with Crippen LogP contribution >= 0.6 is 11.8 Å². The van der Waals surface area contributed by atoms with Gasteiger partial charge in [0, 0.05) is 19.2 Å². The van der Waals surface area contributed by atoms with Crippen molar-refractivity contribution in [3.05, 3.63) is 95.9 Å². The maximum absolute atomic E-state index is 13.1. The monoisotopic (exact) mass is 417 g/mol. The highest BCUT2D eigenvalue weighted by atomic mass is 32.2. The summed E-state index contributed by atoms with van der Waals surface area (Å²) in [7, 11) is 1.69. The summed E-state index contributed by atoms with van der Waals surface area (Å²) in [5, 5.41) is 0.749. The van der Waals surface area contributed by atoms with Crippen LogP contribution in [0.25, 0.3) is 11.0 Å². The highest BCUT2D eigenvalue weighted by molar-refractivity contribution is 8.00. The Morgan fingerprint density at radius 3 is 2.23 bits per heavy atom. The molecule has 4 nitrogen and oxygen atoms in total. The Labute approximate surface area is 178 Å². The summed E-state index contributed by atoms with van der Waals surface area (Å²) in [6.07, 6.45) is 0.642. The Morgan fingerprint density at radius 2 is 1.53 bits per heavy atom. The molecule has 0 N–H and O–H groups in total. The van der Waals surface area contributed by atoms with E-state index >= 15 is 0 Å². The van der Waals surface area contributed by atoms with E-state index in [2.05, 4.69) is 12.1 Å². The Balaban J connectivity index is 1.56. The number of aromatic nitrogens is 2. The minimum Gasteiger partial charge on any atom is -0.315 e. The van der Waals surface area contributed by atoms with Crippen molar-refractivity contribution in [1.29, 1.82) is 0 Å². The molecule has 0 radical (unpaired) electrons. The van der Waals surface area contributed by atoms with E-state index < -0.39 is 0 Å². The standard InChI is InChI=1S/C24H20FN3OS/c1-28(19-13-11-18(25)12-14-19)23(29)16-30-24-22(15-17-7-3-2-4-8-17)26-20-9-5-6-10-21(20)27-24/h2-14H,15-16H2,1H3. The van der Waals surface area contributed by atoms with Crippen molar-refractivity contribution in [3.8, 4) is 0 Å². The zero-order valence-corrected chi connectivity index (χ0v) is 17.3. The van der Waals surface area contributed by atoms with Crippen LogP contribution in [0.2, 0.25) is 0 Å². The number of carbonyl (C=O) groups is 1. The Kier molecular flexibility index (Phi) is 6.05. The molecule has 4 rings (SSSR count). The molecule has 0 fully saturated rings. The fourth-order valence-electron chi connectivity index (χ4n) is 3.08. The van der Waals surface area contributed by atoms with Crippen LogP contribution in [0.4, 0.5) is 10.1 Å². The average Bonchev–Trinajstić information content (AvgIpc) is 2.78. The molecule has 4 aromatic rings. The summed E-state index contributed by atoms with van der Waals surface area (Å²) in [6, 6.07) is 23.7. The van der Waals surface area contributed by atoms with E-state index in [4.69, 9.17) is 9.97 Å². The number of fused-ring (bicyclic) bond motifs is 1. The summed E-state index contributed by atoms with van der Waals surface area (Å²) < 4.78 is 13.1. The van der Waals surface area contributed by atoms with Gasteiger partial charge in [0.15, 0.2) is 0 Å². The van der Waals surface area contributed by atoms with Gasteiger partial charge in [-0.2, -0.15) is 0 Å². The van der Waals surface area contributed by atoms with E-state index in [0.717, 1.165) is 27.3 Å². The predicted molar refractivity (Wildman–Crippen MR) is 119 cm³/mol. The SMILES string of the molecule is CN(C(=O)CSc1nc2ccccc2nc1Cc1ccccc1)c1ccc(F)cc1. The Bertz CT molecular complexity index is 1170. The first-order chi connectivity index (χ1) is 14.6. The first-order valence-corrected chi connectivity index (χ1v) is 10.5. The maximum atomic E-state index is 13.1. The minimum atomic E-state index is -0.328. The first kappa shape index (κ1) is 20.0. The third-order valence-electron chi connectivity index (χ3n) is 4.74. The van der Waals surface area contributed by atoms with Gasteiger partial charge in [0.05, 0.1) is 22.5 Å². The first-order valence-electron chi connectivity index (χ1n) is 9.54.